The van der Waals surface area contributed by atoms with Crippen LogP contribution in [-0.2, 0) is 16.2 Å². The van der Waals surface area contributed by atoms with Gasteiger partial charge < -0.3 is 10.6 Å². The molecule has 2 heterocycles. The minimum Gasteiger partial charge on any atom is -0.326 e. The molecule has 0 saturated heterocycles. The molecule has 0 radical (unpaired) electrons. The van der Waals surface area contributed by atoms with Crippen LogP contribution in [0.1, 0.15) is 69.0 Å². The summed E-state index contributed by atoms with van der Waals surface area (Å²) in [5, 5.41) is 1.78. The zero-order chi connectivity index (χ0) is 26.1. The van der Waals surface area contributed by atoms with Crippen molar-refractivity contribution in [3.05, 3.63) is 85.3 Å². The molecule has 3 N–H and O–H groups in total. The number of carbonyl (C=O) groups excluding carboxylic acids is 2. The molecule has 2 aromatic carbocycles. The lowest BCUT2D eigenvalue weighted by atomic mass is 9.76. The fraction of sp³-hybridized carbons (Fsp3) is 0.370. The number of rotatable bonds is 6. The van der Waals surface area contributed by atoms with Gasteiger partial charge >= 0.3 is 0 Å². The number of aromatic nitrogens is 1. The Morgan fingerprint density at radius 2 is 1.97 bits per heavy atom. The number of hydrogen-bond acceptors (Lipinski definition) is 6. The molecule has 1 aliphatic heterocycles. The molecule has 1 unspecified atom stereocenters. The molecule has 7 nitrogen and oxygen atoms in total. The fourth-order valence-electron chi connectivity index (χ4n) is 5.47. The standard InChI is InChI=1S/C27H28Cl2N4O3S/c1-15-31-13-17(37-15)14-36-32-26(34)24-18-6-2-3-7-19(18)27(35)33(23-9-5-4-8-22(23)30)25(24)20-11-10-16(28)12-21(20)29/h2-3,6-7,10-13,22-25H,4-5,8-9,14,30H2,1H3,(H,32,34)/t22?,23-,24+,25-/m0/s1. The second kappa shape index (κ2) is 11.1. The molecule has 5 rings (SSSR count). The molecular weight excluding hydrogens is 531 g/mol. The van der Waals surface area contributed by atoms with Crippen molar-refractivity contribution in [2.75, 3.05) is 0 Å². The molecule has 1 aliphatic carbocycles. The van der Waals surface area contributed by atoms with Gasteiger partial charge in [-0.25, -0.2) is 10.5 Å². The van der Waals surface area contributed by atoms with Crippen molar-refractivity contribution >= 4 is 46.4 Å². The van der Waals surface area contributed by atoms with Gasteiger partial charge in [-0.2, -0.15) is 0 Å². The summed E-state index contributed by atoms with van der Waals surface area (Å²) >= 11 is 14.4. The number of fused-ring (bicyclic) bond motifs is 1. The predicted molar refractivity (Wildman–Crippen MR) is 145 cm³/mol. The summed E-state index contributed by atoms with van der Waals surface area (Å²) < 4.78 is 0. The highest BCUT2D eigenvalue weighted by Gasteiger charge is 2.48. The third-order valence-corrected chi connectivity index (χ3v) is 8.58. The summed E-state index contributed by atoms with van der Waals surface area (Å²) in [6, 6.07) is 11.3. The quantitative estimate of drug-likeness (QED) is 0.386. The fourth-order valence-corrected chi connectivity index (χ4v) is 6.70. The molecule has 37 heavy (non-hydrogen) atoms. The van der Waals surface area contributed by atoms with E-state index in [4.69, 9.17) is 33.8 Å². The average molecular weight is 560 g/mol. The molecule has 4 atom stereocenters. The topological polar surface area (TPSA) is 97.5 Å². The number of hydroxylamine groups is 1. The summed E-state index contributed by atoms with van der Waals surface area (Å²) in [5.74, 6) is -1.30. The first-order valence-corrected chi connectivity index (χ1v) is 13.9. The molecule has 2 aliphatic rings. The van der Waals surface area contributed by atoms with Crippen molar-refractivity contribution in [2.24, 2.45) is 5.73 Å². The van der Waals surface area contributed by atoms with Crippen molar-refractivity contribution in [3.8, 4) is 0 Å². The Bertz CT molecular complexity index is 1320. The number of hydrogen-bond donors (Lipinski definition) is 2. The molecule has 1 saturated carbocycles. The van der Waals surface area contributed by atoms with Crippen LogP contribution in [0.3, 0.4) is 0 Å². The summed E-state index contributed by atoms with van der Waals surface area (Å²) in [5.41, 5.74) is 11.0. The van der Waals surface area contributed by atoms with Crippen molar-refractivity contribution in [2.45, 2.75) is 63.3 Å². The minimum absolute atomic E-state index is 0.154. The van der Waals surface area contributed by atoms with Crippen molar-refractivity contribution < 1.29 is 14.4 Å². The third-order valence-electron chi connectivity index (χ3n) is 7.14. The average Bonchev–Trinajstić information content (AvgIpc) is 3.29. The van der Waals surface area contributed by atoms with E-state index < -0.39 is 12.0 Å². The van der Waals surface area contributed by atoms with Crippen LogP contribution in [-0.4, -0.2) is 33.8 Å². The summed E-state index contributed by atoms with van der Waals surface area (Å²) in [7, 11) is 0. The predicted octanol–water partition coefficient (Wildman–Crippen LogP) is 5.56. The summed E-state index contributed by atoms with van der Waals surface area (Å²) in [6.07, 6.45) is 5.26. The number of carbonyl (C=O) groups is 2. The smallest absolute Gasteiger partial charge is 0.255 e. The molecule has 3 aromatic rings. The van der Waals surface area contributed by atoms with Gasteiger partial charge in [-0.05, 0) is 49.1 Å². The second-order valence-electron chi connectivity index (χ2n) is 9.50. The van der Waals surface area contributed by atoms with Gasteiger partial charge in [-0.3, -0.25) is 14.4 Å². The Morgan fingerprint density at radius 1 is 1.19 bits per heavy atom. The van der Waals surface area contributed by atoms with Crippen molar-refractivity contribution in [1.82, 2.24) is 15.4 Å². The second-order valence-corrected chi connectivity index (χ2v) is 11.7. The Balaban J connectivity index is 1.57. The van der Waals surface area contributed by atoms with E-state index in [1.807, 2.05) is 25.1 Å². The minimum atomic E-state index is -0.773. The van der Waals surface area contributed by atoms with Crippen LogP contribution in [0, 0.1) is 6.92 Å². The maximum Gasteiger partial charge on any atom is 0.255 e. The van der Waals surface area contributed by atoms with Gasteiger partial charge in [0.1, 0.15) is 6.61 Å². The number of nitrogens with two attached hydrogens (primary N) is 1. The van der Waals surface area contributed by atoms with Crippen LogP contribution >= 0.6 is 34.5 Å². The van der Waals surface area contributed by atoms with Gasteiger partial charge in [0.15, 0.2) is 0 Å². The van der Waals surface area contributed by atoms with E-state index in [9.17, 15) is 9.59 Å². The van der Waals surface area contributed by atoms with E-state index >= 15 is 0 Å². The van der Waals surface area contributed by atoms with Gasteiger partial charge in [-0.15, -0.1) is 11.3 Å². The van der Waals surface area contributed by atoms with Crippen LogP contribution in [0.4, 0.5) is 0 Å². The molecule has 194 valence electrons. The van der Waals surface area contributed by atoms with E-state index in [1.165, 1.54) is 11.3 Å². The molecule has 0 spiro atoms. The van der Waals surface area contributed by atoms with Crippen molar-refractivity contribution in [3.63, 3.8) is 0 Å². The molecule has 2 amide bonds. The van der Waals surface area contributed by atoms with Crippen LogP contribution in [0.2, 0.25) is 10.0 Å². The van der Waals surface area contributed by atoms with E-state index in [0.29, 0.717) is 26.7 Å². The van der Waals surface area contributed by atoms with Gasteiger partial charge in [0.2, 0.25) is 0 Å². The zero-order valence-corrected chi connectivity index (χ0v) is 22.7. The molecule has 1 aromatic heterocycles. The van der Waals surface area contributed by atoms with Crippen molar-refractivity contribution in [1.29, 1.82) is 0 Å². The lowest BCUT2D eigenvalue weighted by Crippen LogP contribution is -2.57. The van der Waals surface area contributed by atoms with Crippen LogP contribution < -0.4 is 11.2 Å². The number of amides is 2. The number of thiazole rings is 1. The first-order chi connectivity index (χ1) is 17.8. The summed E-state index contributed by atoms with van der Waals surface area (Å²) in [6.45, 7) is 2.10. The normalized spacial score (nSPS) is 23.6. The molecule has 1 fully saturated rings. The Kier molecular flexibility index (Phi) is 7.83. The number of aryl methyl sites for hydroxylation is 1. The number of halogens is 2. The molecular formula is C27H28Cl2N4O3S. The van der Waals surface area contributed by atoms with E-state index in [2.05, 4.69) is 10.5 Å². The molecule has 0 bridgehead atoms. The monoisotopic (exact) mass is 558 g/mol. The van der Waals surface area contributed by atoms with Crippen LogP contribution in [0.25, 0.3) is 0 Å². The zero-order valence-electron chi connectivity index (χ0n) is 20.3. The Labute approximate surface area is 229 Å². The number of nitrogens with zero attached hydrogens (tertiary/aromatic N) is 2. The first kappa shape index (κ1) is 26.1. The van der Waals surface area contributed by atoms with Gasteiger partial charge in [-0.1, -0.05) is 60.3 Å². The van der Waals surface area contributed by atoms with E-state index in [-0.39, 0.29) is 30.5 Å². The third kappa shape index (κ3) is 5.26. The SMILES string of the molecule is Cc1ncc(CONC(=O)[C@@H]2c3ccccc3C(=O)N([C@H]3CCCCC3N)[C@H]2c2ccc(Cl)cc2Cl)s1. The maximum atomic E-state index is 14.0. The van der Waals surface area contributed by atoms with E-state index in [1.54, 1.807) is 35.4 Å². The lowest BCUT2D eigenvalue weighted by molar-refractivity contribution is -0.138. The highest BCUT2D eigenvalue weighted by atomic mass is 35.5. The van der Waals surface area contributed by atoms with Crippen LogP contribution in [0.15, 0.2) is 48.7 Å². The van der Waals surface area contributed by atoms with Gasteiger partial charge in [0.25, 0.3) is 11.8 Å². The van der Waals surface area contributed by atoms with Gasteiger partial charge in [0, 0.05) is 33.9 Å². The maximum absolute atomic E-state index is 14.0. The highest BCUT2D eigenvalue weighted by Crippen LogP contribution is 2.47. The highest BCUT2D eigenvalue weighted by molar-refractivity contribution is 7.11. The largest absolute Gasteiger partial charge is 0.326 e. The number of benzene rings is 2. The van der Waals surface area contributed by atoms with E-state index in [0.717, 1.165) is 35.6 Å². The Hall–Kier alpha value is -2.49. The van der Waals surface area contributed by atoms with Gasteiger partial charge in [0.05, 0.1) is 21.8 Å². The lowest BCUT2D eigenvalue weighted by Gasteiger charge is -2.48. The molecule has 10 heteroatoms. The Morgan fingerprint density at radius 3 is 2.70 bits per heavy atom. The number of nitrogens with one attached hydrogen (secondary N) is 1. The van der Waals surface area contributed by atoms with Crippen LogP contribution in [0.5, 0.6) is 0 Å². The summed E-state index contributed by atoms with van der Waals surface area (Å²) in [4.78, 5) is 40.4. The first-order valence-electron chi connectivity index (χ1n) is 12.3.